The summed E-state index contributed by atoms with van der Waals surface area (Å²) in [7, 11) is 0. The van der Waals surface area contributed by atoms with Gasteiger partial charge in [-0.2, -0.15) is 0 Å². The van der Waals surface area contributed by atoms with E-state index in [1.807, 2.05) is 13.8 Å². The maximum Gasteiger partial charge on any atom is 0.300 e. The number of pyridine rings is 1. The standard InChI is InChI=1S/C11H14ClN3O3/c1-3-4-7(2)14-11(16)8-5-10(12)13-6-9(8)15(17)18/h5-7H,3-4H2,1-2H3,(H,14,16). The Kier molecular flexibility index (Phi) is 5.03. The first-order valence-electron chi connectivity index (χ1n) is 5.56. The summed E-state index contributed by atoms with van der Waals surface area (Å²) in [5.74, 6) is -0.507. The van der Waals surface area contributed by atoms with Gasteiger partial charge in [-0.25, -0.2) is 4.98 Å². The number of aromatic nitrogens is 1. The van der Waals surface area contributed by atoms with Crippen molar-refractivity contribution < 1.29 is 9.72 Å². The average molecular weight is 272 g/mol. The number of nitrogens with one attached hydrogen (secondary N) is 1. The molecule has 1 aromatic rings. The first-order chi connectivity index (χ1) is 8.45. The van der Waals surface area contributed by atoms with Gasteiger partial charge in [0.15, 0.2) is 0 Å². The molecule has 1 aromatic heterocycles. The maximum atomic E-state index is 11.9. The zero-order valence-corrected chi connectivity index (χ0v) is 10.9. The van der Waals surface area contributed by atoms with Crippen molar-refractivity contribution in [3.63, 3.8) is 0 Å². The van der Waals surface area contributed by atoms with Crippen LogP contribution in [0.25, 0.3) is 0 Å². The highest BCUT2D eigenvalue weighted by Gasteiger charge is 2.22. The summed E-state index contributed by atoms with van der Waals surface area (Å²) in [5, 5.41) is 13.5. The Labute approximate surface area is 110 Å². The molecule has 1 amide bonds. The van der Waals surface area contributed by atoms with E-state index in [1.54, 1.807) is 0 Å². The van der Waals surface area contributed by atoms with Crippen LogP contribution >= 0.6 is 11.6 Å². The predicted octanol–water partition coefficient (Wildman–Crippen LogP) is 2.56. The highest BCUT2D eigenvalue weighted by molar-refractivity contribution is 6.29. The third-order valence-corrected chi connectivity index (χ3v) is 2.60. The summed E-state index contributed by atoms with van der Waals surface area (Å²) in [6.45, 7) is 3.84. The lowest BCUT2D eigenvalue weighted by Gasteiger charge is -2.12. The molecule has 0 radical (unpaired) electrons. The number of amides is 1. The van der Waals surface area contributed by atoms with Crippen molar-refractivity contribution in [3.8, 4) is 0 Å². The van der Waals surface area contributed by atoms with Crippen LogP contribution in [0, 0.1) is 10.1 Å². The summed E-state index contributed by atoms with van der Waals surface area (Å²) < 4.78 is 0. The molecule has 1 rings (SSSR count). The Morgan fingerprint density at radius 1 is 1.67 bits per heavy atom. The summed E-state index contributed by atoms with van der Waals surface area (Å²) >= 11 is 5.65. The topological polar surface area (TPSA) is 85.1 Å². The molecule has 0 bridgehead atoms. The minimum absolute atomic E-state index is 0.0472. The molecule has 0 aromatic carbocycles. The molecule has 0 saturated carbocycles. The van der Waals surface area contributed by atoms with Gasteiger partial charge >= 0.3 is 0 Å². The van der Waals surface area contributed by atoms with Crippen LogP contribution in [0.2, 0.25) is 5.15 Å². The Balaban J connectivity index is 2.97. The SMILES string of the molecule is CCCC(C)NC(=O)c1cc(Cl)ncc1[N+](=O)[O-]. The van der Waals surface area contributed by atoms with Crippen LogP contribution in [0.15, 0.2) is 12.3 Å². The van der Waals surface area contributed by atoms with Gasteiger partial charge in [0.1, 0.15) is 16.9 Å². The van der Waals surface area contributed by atoms with E-state index in [4.69, 9.17) is 11.6 Å². The first-order valence-corrected chi connectivity index (χ1v) is 5.94. The Morgan fingerprint density at radius 3 is 2.89 bits per heavy atom. The van der Waals surface area contributed by atoms with Gasteiger partial charge < -0.3 is 5.32 Å². The van der Waals surface area contributed by atoms with Gasteiger partial charge in [0.25, 0.3) is 11.6 Å². The Morgan fingerprint density at radius 2 is 2.33 bits per heavy atom. The van der Waals surface area contributed by atoms with Crippen LogP contribution in [-0.4, -0.2) is 21.9 Å². The number of rotatable bonds is 5. The lowest BCUT2D eigenvalue weighted by molar-refractivity contribution is -0.385. The van der Waals surface area contributed by atoms with Crippen molar-refractivity contribution >= 4 is 23.2 Å². The van der Waals surface area contributed by atoms with Gasteiger partial charge in [-0.05, 0) is 19.4 Å². The molecular weight excluding hydrogens is 258 g/mol. The molecule has 0 aliphatic carbocycles. The van der Waals surface area contributed by atoms with Crippen LogP contribution in [0.1, 0.15) is 37.0 Å². The smallest absolute Gasteiger partial charge is 0.300 e. The van der Waals surface area contributed by atoms with E-state index >= 15 is 0 Å². The lowest BCUT2D eigenvalue weighted by atomic mass is 10.1. The molecule has 0 spiro atoms. The van der Waals surface area contributed by atoms with Crippen molar-refractivity contribution in [2.45, 2.75) is 32.7 Å². The Bertz CT molecular complexity index is 465. The molecule has 0 aliphatic heterocycles. The summed E-state index contributed by atoms with van der Waals surface area (Å²) in [5.41, 5.74) is -0.413. The highest BCUT2D eigenvalue weighted by atomic mass is 35.5. The molecule has 1 N–H and O–H groups in total. The number of carbonyl (C=O) groups is 1. The van der Waals surface area contributed by atoms with Gasteiger partial charge in [0.2, 0.25) is 0 Å². The molecule has 0 aliphatic rings. The van der Waals surface area contributed by atoms with E-state index < -0.39 is 10.8 Å². The van der Waals surface area contributed by atoms with E-state index in [9.17, 15) is 14.9 Å². The van der Waals surface area contributed by atoms with E-state index in [0.717, 1.165) is 19.0 Å². The number of nitrogens with zero attached hydrogens (tertiary/aromatic N) is 2. The van der Waals surface area contributed by atoms with Crippen LogP contribution in [0.3, 0.4) is 0 Å². The predicted molar refractivity (Wildman–Crippen MR) is 67.7 cm³/mol. The number of hydrogen-bond donors (Lipinski definition) is 1. The van der Waals surface area contributed by atoms with Crippen LogP contribution in [-0.2, 0) is 0 Å². The molecule has 1 unspecified atom stereocenters. The molecule has 1 heterocycles. The van der Waals surface area contributed by atoms with Crippen LogP contribution < -0.4 is 5.32 Å². The fraction of sp³-hybridized carbons (Fsp3) is 0.455. The van der Waals surface area contributed by atoms with Gasteiger partial charge in [0, 0.05) is 6.04 Å². The van der Waals surface area contributed by atoms with E-state index in [2.05, 4.69) is 10.3 Å². The number of nitro groups is 1. The number of halogens is 1. The van der Waals surface area contributed by atoms with Gasteiger partial charge in [0.05, 0.1) is 4.92 Å². The largest absolute Gasteiger partial charge is 0.349 e. The monoisotopic (exact) mass is 271 g/mol. The summed E-state index contributed by atoms with van der Waals surface area (Å²) in [6.07, 6.45) is 2.71. The van der Waals surface area contributed by atoms with Crippen molar-refractivity contribution in [2.75, 3.05) is 0 Å². The zero-order valence-electron chi connectivity index (χ0n) is 10.1. The zero-order chi connectivity index (χ0) is 13.7. The lowest BCUT2D eigenvalue weighted by Crippen LogP contribution is -2.32. The molecule has 18 heavy (non-hydrogen) atoms. The first kappa shape index (κ1) is 14.4. The van der Waals surface area contributed by atoms with Gasteiger partial charge in [-0.15, -0.1) is 0 Å². The minimum Gasteiger partial charge on any atom is -0.349 e. The van der Waals surface area contributed by atoms with Crippen LogP contribution in [0.5, 0.6) is 0 Å². The molecule has 7 heteroatoms. The van der Waals surface area contributed by atoms with Crippen molar-refractivity contribution in [1.82, 2.24) is 10.3 Å². The number of carbonyl (C=O) groups excluding carboxylic acids is 1. The fourth-order valence-corrected chi connectivity index (χ4v) is 1.71. The normalized spacial score (nSPS) is 11.9. The van der Waals surface area contributed by atoms with Crippen LogP contribution in [0.4, 0.5) is 5.69 Å². The number of hydrogen-bond acceptors (Lipinski definition) is 4. The second-order valence-electron chi connectivity index (χ2n) is 3.94. The quantitative estimate of drug-likeness (QED) is 0.507. The molecule has 98 valence electrons. The molecular formula is C11H14ClN3O3. The minimum atomic E-state index is -0.650. The average Bonchev–Trinajstić information content (AvgIpc) is 2.28. The molecule has 1 atom stereocenters. The second kappa shape index (κ2) is 6.30. The third kappa shape index (κ3) is 3.66. The maximum absolute atomic E-state index is 11.9. The molecule has 0 fully saturated rings. The van der Waals surface area contributed by atoms with E-state index in [0.29, 0.717) is 0 Å². The summed E-state index contributed by atoms with van der Waals surface area (Å²) in [4.78, 5) is 25.6. The van der Waals surface area contributed by atoms with Crippen molar-refractivity contribution in [1.29, 1.82) is 0 Å². The highest BCUT2D eigenvalue weighted by Crippen LogP contribution is 2.20. The molecule has 6 nitrogen and oxygen atoms in total. The summed E-state index contributed by atoms with van der Waals surface area (Å²) in [6, 6.07) is 1.15. The second-order valence-corrected chi connectivity index (χ2v) is 4.33. The van der Waals surface area contributed by atoms with E-state index in [1.165, 1.54) is 6.07 Å². The van der Waals surface area contributed by atoms with Gasteiger partial charge in [-0.3, -0.25) is 14.9 Å². The van der Waals surface area contributed by atoms with Gasteiger partial charge in [-0.1, -0.05) is 24.9 Å². The van der Waals surface area contributed by atoms with Crippen molar-refractivity contribution in [2.24, 2.45) is 0 Å². The molecule has 0 saturated heterocycles. The fourth-order valence-electron chi connectivity index (χ4n) is 1.56. The van der Waals surface area contributed by atoms with E-state index in [-0.39, 0.29) is 22.4 Å². The Hall–Kier alpha value is -1.69. The van der Waals surface area contributed by atoms with Crippen molar-refractivity contribution in [3.05, 3.63) is 33.1 Å². The third-order valence-electron chi connectivity index (χ3n) is 2.39.